The largest absolute Gasteiger partial charge is 0.456 e. The third-order valence-electron chi connectivity index (χ3n) is 2.93. The van der Waals surface area contributed by atoms with Crippen molar-refractivity contribution in [3.63, 3.8) is 0 Å². The Bertz CT molecular complexity index is 682. The van der Waals surface area contributed by atoms with Gasteiger partial charge in [0.25, 0.3) is 0 Å². The van der Waals surface area contributed by atoms with Gasteiger partial charge in [0.2, 0.25) is 0 Å². The summed E-state index contributed by atoms with van der Waals surface area (Å²) in [6.07, 6.45) is 0. The molecule has 1 nitrogen and oxygen atoms in total. The Hall–Kier alpha value is -1.54. The van der Waals surface area contributed by atoms with E-state index < -0.39 is 0 Å². The maximum Gasteiger partial charge on any atom is 0.138 e. The highest BCUT2D eigenvalue weighted by Crippen LogP contribution is 2.33. The van der Waals surface area contributed by atoms with Crippen LogP contribution in [0.3, 0.4) is 0 Å². The van der Waals surface area contributed by atoms with E-state index in [0.29, 0.717) is 0 Å². The van der Waals surface area contributed by atoms with Crippen molar-refractivity contribution in [1.29, 1.82) is 0 Å². The molecule has 0 aliphatic heterocycles. The first-order valence-corrected chi connectivity index (χ1v) is 6.29. The molecule has 0 N–H and O–H groups in total. The summed E-state index contributed by atoms with van der Waals surface area (Å²) in [4.78, 5) is 0. The highest BCUT2D eigenvalue weighted by atomic mass is 79.9. The number of benzene rings is 2. The van der Waals surface area contributed by atoms with Crippen LogP contribution >= 0.6 is 15.9 Å². The van der Waals surface area contributed by atoms with Crippen LogP contribution in [0.5, 0.6) is 0 Å². The van der Waals surface area contributed by atoms with Crippen molar-refractivity contribution in [2.75, 3.05) is 0 Å². The van der Waals surface area contributed by atoms with Gasteiger partial charge in [0.05, 0.1) is 0 Å². The summed E-state index contributed by atoms with van der Waals surface area (Å²) in [5.41, 5.74) is 3.24. The fraction of sp³-hybridized carbons (Fsp3) is 0.0667. The standard InChI is InChI=1S/C15H11BrO/c1-10-13-7-2-3-8-14(13)17-15(10)11-5-4-6-12(16)9-11/h2-9H,1H3. The molecule has 0 atom stereocenters. The molecule has 2 heteroatoms. The number of hydrogen-bond donors (Lipinski definition) is 0. The van der Waals surface area contributed by atoms with Crippen LogP contribution in [-0.2, 0) is 0 Å². The number of halogens is 1. The molecule has 0 aliphatic rings. The summed E-state index contributed by atoms with van der Waals surface area (Å²) in [7, 11) is 0. The van der Waals surface area contributed by atoms with Crippen LogP contribution in [0.15, 0.2) is 57.4 Å². The SMILES string of the molecule is Cc1c(-c2cccc(Br)c2)oc2ccccc12. The van der Waals surface area contributed by atoms with E-state index in [4.69, 9.17) is 4.42 Å². The van der Waals surface area contributed by atoms with Crippen LogP contribution in [0, 0.1) is 6.92 Å². The molecule has 0 saturated carbocycles. The Morgan fingerprint density at radius 3 is 2.59 bits per heavy atom. The highest BCUT2D eigenvalue weighted by Gasteiger charge is 2.11. The zero-order valence-electron chi connectivity index (χ0n) is 9.41. The van der Waals surface area contributed by atoms with E-state index in [-0.39, 0.29) is 0 Å². The number of fused-ring (bicyclic) bond motifs is 1. The summed E-state index contributed by atoms with van der Waals surface area (Å²) >= 11 is 3.49. The summed E-state index contributed by atoms with van der Waals surface area (Å²) in [6.45, 7) is 2.10. The van der Waals surface area contributed by atoms with Crippen molar-refractivity contribution in [1.82, 2.24) is 0 Å². The number of aryl methyl sites for hydroxylation is 1. The summed E-state index contributed by atoms with van der Waals surface area (Å²) in [5.74, 6) is 0.951. The Morgan fingerprint density at radius 1 is 1.00 bits per heavy atom. The zero-order valence-corrected chi connectivity index (χ0v) is 11.0. The Morgan fingerprint density at radius 2 is 1.82 bits per heavy atom. The van der Waals surface area contributed by atoms with Crippen LogP contribution in [0.2, 0.25) is 0 Å². The third kappa shape index (κ3) is 1.79. The predicted octanol–water partition coefficient (Wildman–Crippen LogP) is 5.17. The van der Waals surface area contributed by atoms with Gasteiger partial charge in [-0.15, -0.1) is 0 Å². The third-order valence-corrected chi connectivity index (χ3v) is 3.42. The second-order valence-electron chi connectivity index (χ2n) is 4.06. The van der Waals surface area contributed by atoms with Gasteiger partial charge in [0.1, 0.15) is 11.3 Å². The second-order valence-corrected chi connectivity index (χ2v) is 4.98. The lowest BCUT2D eigenvalue weighted by atomic mass is 10.1. The molecule has 3 aromatic rings. The molecule has 3 rings (SSSR count). The molecule has 17 heavy (non-hydrogen) atoms. The lowest BCUT2D eigenvalue weighted by Gasteiger charge is -1.99. The van der Waals surface area contributed by atoms with Crippen LogP contribution in [0.25, 0.3) is 22.3 Å². The smallest absolute Gasteiger partial charge is 0.138 e. The monoisotopic (exact) mass is 286 g/mol. The molecule has 0 amide bonds. The minimum absolute atomic E-state index is 0.944. The van der Waals surface area contributed by atoms with E-state index in [1.807, 2.05) is 30.3 Å². The van der Waals surface area contributed by atoms with Crippen LogP contribution in [0.1, 0.15) is 5.56 Å². The van der Waals surface area contributed by atoms with Crippen LogP contribution in [0.4, 0.5) is 0 Å². The highest BCUT2D eigenvalue weighted by molar-refractivity contribution is 9.10. The van der Waals surface area contributed by atoms with E-state index in [9.17, 15) is 0 Å². The molecule has 0 fully saturated rings. The molecular formula is C15H11BrO. The summed E-state index contributed by atoms with van der Waals surface area (Å²) < 4.78 is 6.98. The van der Waals surface area contributed by atoms with Crippen molar-refractivity contribution in [3.8, 4) is 11.3 Å². The van der Waals surface area contributed by atoms with Crippen LogP contribution < -0.4 is 0 Å². The molecule has 0 bridgehead atoms. The number of hydrogen-bond acceptors (Lipinski definition) is 1. The van der Waals surface area contributed by atoms with Crippen molar-refractivity contribution < 1.29 is 4.42 Å². The fourth-order valence-electron chi connectivity index (χ4n) is 2.08. The van der Waals surface area contributed by atoms with Gasteiger partial charge in [-0.05, 0) is 25.1 Å². The average molecular weight is 287 g/mol. The quantitative estimate of drug-likeness (QED) is 0.601. The van der Waals surface area contributed by atoms with Gasteiger partial charge in [0.15, 0.2) is 0 Å². The van der Waals surface area contributed by atoms with E-state index in [2.05, 4.69) is 41.1 Å². The minimum Gasteiger partial charge on any atom is -0.456 e. The van der Waals surface area contributed by atoms with Crippen LogP contribution in [-0.4, -0.2) is 0 Å². The lowest BCUT2D eigenvalue weighted by Crippen LogP contribution is -1.77. The van der Waals surface area contributed by atoms with E-state index in [0.717, 1.165) is 21.4 Å². The maximum atomic E-state index is 5.92. The first kappa shape index (κ1) is 10.6. The first-order valence-electron chi connectivity index (χ1n) is 5.50. The summed E-state index contributed by atoms with van der Waals surface area (Å²) in [6, 6.07) is 16.3. The molecule has 1 heterocycles. The minimum atomic E-state index is 0.944. The van der Waals surface area contributed by atoms with E-state index in [1.165, 1.54) is 10.9 Å². The zero-order chi connectivity index (χ0) is 11.8. The normalized spacial score (nSPS) is 10.9. The van der Waals surface area contributed by atoms with Gasteiger partial charge in [-0.1, -0.05) is 46.3 Å². The fourth-order valence-corrected chi connectivity index (χ4v) is 2.48. The average Bonchev–Trinajstić information content (AvgIpc) is 2.68. The molecule has 0 radical (unpaired) electrons. The van der Waals surface area contributed by atoms with Crippen molar-refractivity contribution in [3.05, 3.63) is 58.6 Å². The van der Waals surface area contributed by atoms with Gasteiger partial charge in [-0.25, -0.2) is 0 Å². The maximum absolute atomic E-state index is 5.92. The molecule has 1 aromatic heterocycles. The molecule has 0 spiro atoms. The van der Waals surface area contributed by atoms with E-state index >= 15 is 0 Å². The molecule has 0 aliphatic carbocycles. The van der Waals surface area contributed by atoms with Crippen molar-refractivity contribution in [2.45, 2.75) is 6.92 Å². The molecule has 84 valence electrons. The molecular weight excluding hydrogens is 276 g/mol. The number of rotatable bonds is 1. The Balaban J connectivity index is 2.27. The van der Waals surface area contributed by atoms with Gasteiger partial charge in [0, 0.05) is 21.0 Å². The van der Waals surface area contributed by atoms with Gasteiger partial charge in [-0.2, -0.15) is 0 Å². The topological polar surface area (TPSA) is 13.1 Å². The van der Waals surface area contributed by atoms with Gasteiger partial charge < -0.3 is 4.42 Å². The van der Waals surface area contributed by atoms with Gasteiger partial charge in [-0.3, -0.25) is 0 Å². The molecule has 0 unspecified atom stereocenters. The van der Waals surface area contributed by atoms with Crippen molar-refractivity contribution >= 4 is 26.9 Å². The molecule has 0 saturated heterocycles. The van der Waals surface area contributed by atoms with Crippen molar-refractivity contribution in [2.24, 2.45) is 0 Å². The summed E-state index contributed by atoms with van der Waals surface area (Å²) in [5, 5.41) is 1.18. The Labute approximate surface area is 108 Å². The van der Waals surface area contributed by atoms with Gasteiger partial charge >= 0.3 is 0 Å². The second kappa shape index (κ2) is 4.04. The number of para-hydroxylation sites is 1. The van der Waals surface area contributed by atoms with E-state index in [1.54, 1.807) is 0 Å². The molecule has 2 aromatic carbocycles. The number of furan rings is 1. The lowest BCUT2D eigenvalue weighted by molar-refractivity contribution is 0.629. The first-order chi connectivity index (χ1) is 8.25. The predicted molar refractivity (Wildman–Crippen MR) is 74.1 cm³/mol. The Kier molecular flexibility index (Phi) is 2.52.